The zero-order valence-electron chi connectivity index (χ0n) is 14.5. The van der Waals surface area contributed by atoms with Crippen LogP contribution >= 0.6 is 0 Å². The van der Waals surface area contributed by atoms with Crippen LogP contribution in [0.15, 0.2) is 0 Å². The van der Waals surface area contributed by atoms with Crippen LogP contribution in [-0.2, 0) is 0 Å². The zero-order valence-corrected chi connectivity index (χ0v) is 14.5. The van der Waals surface area contributed by atoms with Gasteiger partial charge in [-0.05, 0) is 46.3 Å². The molecule has 1 saturated carbocycles. The largest absolute Gasteiger partial charge is 0.0625 e. The molecular weight excluding hydrogens is 216 g/mol. The number of hydrogen-bond donors (Lipinski definition) is 0. The summed E-state index contributed by atoms with van der Waals surface area (Å²) in [6, 6.07) is 0. The molecule has 0 saturated heterocycles. The number of hydrogen-bond acceptors (Lipinski definition) is 0. The van der Waals surface area contributed by atoms with Gasteiger partial charge in [-0.1, -0.05) is 69.2 Å². The van der Waals surface area contributed by atoms with Crippen molar-refractivity contribution in [2.75, 3.05) is 0 Å². The minimum Gasteiger partial charge on any atom is -0.0625 e. The molecule has 0 aromatic rings. The second kappa shape index (κ2) is 4.53. The molecule has 0 N–H and O–H groups in total. The lowest BCUT2D eigenvalue weighted by Crippen LogP contribution is -2.65. The lowest BCUT2D eigenvalue weighted by molar-refractivity contribution is -0.234. The van der Waals surface area contributed by atoms with Gasteiger partial charge >= 0.3 is 0 Å². The van der Waals surface area contributed by atoms with Gasteiger partial charge in [0.25, 0.3) is 0 Å². The lowest BCUT2D eigenvalue weighted by atomic mass is 9.33. The highest BCUT2D eigenvalue weighted by molar-refractivity contribution is 5.13. The van der Waals surface area contributed by atoms with Crippen LogP contribution in [0.4, 0.5) is 0 Å². The molecule has 0 nitrogen and oxygen atoms in total. The Bertz CT molecular complexity index is 292. The average Bonchev–Trinajstić information content (AvgIpc) is 2.21. The van der Waals surface area contributed by atoms with E-state index in [9.17, 15) is 0 Å². The molecule has 0 aromatic heterocycles. The second-order valence-corrected chi connectivity index (χ2v) is 9.03. The van der Waals surface area contributed by atoms with E-state index in [1.807, 2.05) is 0 Å². The Kier molecular flexibility index (Phi) is 4.04. The van der Waals surface area contributed by atoms with Crippen molar-refractivity contribution in [1.82, 2.24) is 0 Å². The first kappa shape index (κ1) is 16.1. The van der Waals surface area contributed by atoms with Crippen molar-refractivity contribution in [2.24, 2.45) is 39.9 Å². The SMILES string of the molecule is CC(C)C(C)CC1C(C)C(C)(C(C)(C)C)C1(C)C. The first-order valence-corrected chi connectivity index (χ1v) is 7.87. The van der Waals surface area contributed by atoms with Crippen LogP contribution in [0.25, 0.3) is 0 Å². The van der Waals surface area contributed by atoms with Crippen molar-refractivity contribution in [3.8, 4) is 0 Å². The fourth-order valence-electron chi connectivity index (χ4n) is 4.72. The van der Waals surface area contributed by atoms with Crippen LogP contribution in [0.2, 0.25) is 0 Å². The van der Waals surface area contributed by atoms with Crippen molar-refractivity contribution in [2.45, 2.75) is 75.7 Å². The molecule has 4 atom stereocenters. The van der Waals surface area contributed by atoms with Crippen LogP contribution in [0, 0.1) is 39.9 Å². The van der Waals surface area contributed by atoms with E-state index in [-0.39, 0.29) is 0 Å². The summed E-state index contributed by atoms with van der Waals surface area (Å²) in [5.74, 6) is 3.39. The predicted molar refractivity (Wildman–Crippen MR) is 82.6 cm³/mol. The van der Waals surface area contributed by atoms with Gasteiger partial charge in [0, 0.05) is 0 Å². The minimum atomic E-state index is 0.396. The third kappa shape index (κ3) is 2.04. The topological polar surface area (TPSA) is 0 Å². The van der Waals surface area contributed by atoms with E-state index < -0.39 is 0 Å². The summed E-state index contributed by atoms with van der Waals surface area (Å²) < 4.78 is 0. The van der Waals surface area contributed by atoms with Crippen molar-refractivity contribution in [3.05, 3.63) is 0 Å². The molecule has 0 aromatic carbocycles. The van der Waals surface area contributed by atoms with Crippen LogP contribution < -0.4 is 0 Å². The summed E-state index contributed by atoms with van der Waals surface area (Å²) in [5, 5.41) is 0. The van der Waals surface area contributed by atoms with Crippen LogP contribution in [0.1, 0.15) is 75.7 Å². The first-order valence-electron chi connectivity index (χ1n) is 7.87. The lowest BCUT2D eigenvalue weighted by Gasteiger charge is -2.71. The molecular formula is C18H36. The molecule has 1 aliphatic rings. The van der Waals surface area contributed by atoms with Crippen LogP contribution in [0.3, 0.4) is 0 Å². The molecule has 1 fully saturated rings. The second-order valence-electron chi connectivity index (χ2n) is 9.03. The van der Waals surface area contributed by atoms with Gasteiger partial charge in [-0.2, -0.15) is 0 Å². The Morgan fingerprint density at radius 1 is 1.00 bits per heavy atom. The molecule has 4 unspecified atom stereocenters. The van der Waals surface area contributed by atoms with E-state index in [1.165, 1.54) is 6.42 Å². The van der Waals surface area contributed by atoms with Gasteiger partial charge in [0.2, 0.25) is 0 Å². The quantitative estimate of drug-likeness (QED) is 0.576. The van der Waals surface area contributed by atoms with Crippen molar-refractivity contribution < 1.29 is 0 Å². The molecule has 1 aliphatic carbocycles. The van der Waals surface area contributed by atoms with Crippen LogP contribution in [-0.4, -0.2) is 0 Å². The molecule has 0 bridgehead atoms. The van der Waals surface area contributed by atoms with Crippen molar-refractivity contribution in [3.63, 3.8) is 0 Å². The maximum Gasteiger partial charge on any atom is -0.0195 e. The Morgan fingerprint density at radius 3 is 1.72 bits per heavy atom. The average molecular weight is 252 g/mol. The zero-order chi connectivity index (χ0) is 14.5. The van der Waals surface area contributed by atoms with Gasteiger partial charge in [-0.25, -0.2) is 0 Å². The van der Waals surface area contributed by atoms with Gasteiger partial charge in [0.05, 0.1) is 0 Å². The summed E-state index contributed by atoms with van der Waals surface area (Å²) in [5.41, 5.74) is 1.32. The smallest absolute Gasteiger partial charge is 0.0195 e. The fourth-order valence-corrected chi connectivity index (χ4v) is 4.72. The molecule has 0 aliphatic heterocycles. The summed E-state index contributed by atoms with van der Waals surface area (Å²) in [6.07, 6.45) is 1.40. The Labute approximate surface area is 116 Å². The maximum absolute atomic E-state index is 2.52. The highest BCUT2D eigenvalue weighted by Crippen LogP contribution is 2.72. The molecule has 18 heavy (non-hydrogen) atoms. The van der Waals surface area contributed by atoms with E-state index in [4.69, 9.17) is 0 Å². The molecule has 0 heteroatoms. The molecule has 0 heterocycles. The van der Waals surface area contributed by atoms with E-state index in [0.29, 0.717) is 16.2 Å². The van der Waals surface area contributed by atoms with Crippen LogP contribution in [0.5, 0.6) is 0 Å². The summed E-state index contributed by atoms with van der Waals surface area (Å²) in [6.45, 7) is 24.5. The van der Waals surface area contributed by atoms with E-state index in [2.05, 4.69) is 69.2 Å². The van der Waals surface area contributed by atoms with Crippen molar-refractivity contribution >= 4 is 0 Å². The molecule has 0 radical (unpaired) electrons. The Morgan fingerprint density at radius 2 is 1.44 bits per heavy atom. The summed E-state index contributed by atoms with van der Waals surface area (Å²) in [7, 11) is 0. The maximum atomic E-state index is 2.52. The third-order valence-electron chi connectivity index (χ3n) is 7.10. The predicted octanol–water partition coefficient (Wildman–Crippen LogP) is 6.01. The normalized spacial score (nSPS) is 37.5. The van der Waals surface area contributed by atoms with E-state index >= 15 is 0 Å². The summed E-state index contributed by atoms with van der Waals surface area (Å²) >= 11 is 0. The molecule has 1 rings (SSSR count). The first-order chi connectivity index (χ1) is 7.87. The molecule has 0 amide bonds. The monoisotopic (exact) mass is 252 g/mol. The van der Waals surface area contributed by atoms with Gasteiger partial charge in [0.15, 0.2) is 0 Å². The van der Waals surface area contributed by atoms with E-state index in [0.717, 1.165) is 23.7 Å². The number of rotatable bonds is 3. The third-order valence-corrected chi connectivity index (χ3v) is 7.10. The fraction of sp³-hybridized carbons (Fsp3) is 1.00. The minimum absolute atomic E-state index is 0.396. The molecule has 108 valence electrons. The van der Waals surface area contributed by atoms with Gasteiger partial charge in [-0.3, -0.25) is 0 Å². The Hall–Kier alpha value is 0. The Balaban J connectivity index is 2.91. The molecule has 0 spiro atoms. The van der Waals surface area contributed by atoms with Gasteiger partial charge < -0.3 is 0 Å². The summed E-state index contributed by atoms with van der Waals surface area (Å²) in [4.78, 5) is 0. The van der Waals surface area contributed by atoms with Crippen molar-refractivity contribution in [1.29, 1.82) is 0 Å². The highest BCUT2D eigenvalue weighted by atomic mass is 14.7. The highest BCUT2D eigenvalue weighted by Gasteiger charge is 2.66. The van der Waals surface area contributed by atoms with Gasteiger partial charge in [-0.15, -0.1) is 0 Å². The van der Waals surface area contributed by atoms with Gasteiger partial charge in [0.1, 0.15) is 0 Å². The van der Waals surface area contributed by atoms with E-state index in [1.54, 1.807) is 0 Å². The standard InChI is InChI=1S/C18H36/c1-12(2)13(3)11-15-14(4)18(10,16(5,6)7)17(15,8)9/h12-15H,11H2,1-10H3.